The summed E-state index contributed by atoms with van der Waals surface area (Å²) in [6, 6.07) is 4.98. The fourth-order valence-corrected chi connectivity index (χ4v) is 6.17. The Labute approximate surface area is 180 Å². The van der Waals surface area contributed by atoms with Gasteiger partial charge in [-0.25, -0.2) is 8.42 Å². The molecule has 1 aromatic carbocycles. The molecule has 0 saturated carbocycles. The molecule has 3 aliphatic heterocycles. The minimum Gasteiger partial charge on any atom is -0.377 e. The van der Waals surface area contributed by atoms with E-state index in [2.05, 4.69) is 4.90 Å². The molecule has 1 aromatic rings. The van der Waals surface area contributed by atoms with Crippen LogP contribution in [0.3, 0.4) is 0 Å². The first kappa shape index (κ1) is 21.7. The van der Waals surface area contributed by atoms with Crippen molar-refractivity contribution >= 4 is 15.9 Å². The third kappa shape index (κ3) is 4.72. The van der Waals surface area contributed by atoms with E-state index >= 15 is 0 Å². The number of piperazine rings is 1. The van der Waals surface area contributed by atoms with Crippen LogP contribution in [0.15, 0.2) is 23.1 Å². The van der Waals surface area contributed by atoms with Gasteiger partial charge in [0.15, 0.2) is 0 Å². The topological polar surface area (TPSA) is 70.2 Å². The van der Waals surface area contributed by atoms with E-state index in [0.717, 1.165) is 63.9 Å². The van der Waals surface area contributed by atoms with Crippen LogP contribution in [0.25, 0.3) is 0 Å². The molecule has 0 radical (unpaired) electrons. The molecule has 0 bridgehead atoms. The van der Waals surface area contributed by atoms with Gasteiger partial charge in [0.05, 0.1) is 11.0 Å². The summed E-state index contributed by atoms with van der Waals surface area (Å²) in [5.41, 5.74) is 1.32. The standard InChI is InChI=1S/C22H33N3O4S/c1-18-7-8-20(30(27,28)25-9-3-2-4-10-25)16-21(18)22(26)24-13-11-23(12-14-24)17-19-6-5-15-29-19/h7-8,16,19H,2-6,9-15,17H2,1H3. The van der Waals surface area contributed by atoms with Crippen LogP contribution in [0.2, 0.25) is 0 Å². The quantitative estimate of drug-likeness (QED) is 0.709. The Hall–Kier alpha value is -1.48. The summed E-state index contributed by atoms with van der Waals surface area (Å²) in [6.07, 6.45) is 5.45. The van der Waals surface area contributed by atoms with Crippen molar-refractivity contribution in [2.24, 2.45) is 0 Å². The van der Waals surface area contributed by atoms with Crippen LogP contribution < -0.4 is 0 Å². The maximum atomic E-state index is 13.2. The second-order valence-electron chi connectivity index (χ2n) is 8.67. The van der Waals surface area contributed by atoms with Crippen molar-refractivity contribution in [3.63, 3.8) is 0 Å². The normalized spacial score (nSPS) is 24.3. The predicted octanol–water partition coefficient (Wildman–Crippen LogP) is 2.11. The van der Waals surface area contributed by atoms with E-state index in [1.165, 1.54) is 0 Å². The van der Waals surface area contributed by atoms with Gasteiger partial charge in [-0.2, -0.15) is 4.31 Å². The smallest absolute Gasteiger partial charge is 0.254 e. The minimum atomic E-state index is -3.55. The first-order valence-electron chi connectivity index (χ1n) is 11.2. The molecule has 8 heteroatoms. The van der Waals surface area contributed by atoms with Gasteiger partial charge in [0, 0.05) is 58.0 Å². The number of rotatable bonds is 5. The van der Waals surface area contributed by atoms with Crippen LogP contribution in [-0.4, -0.2) is 87.0 Å². The van der Waals surface area contributed by atoms with Crippen molar-refractivity contribution < 1.29 is 17.9 Å². The Balaban J connectivity index is 1.43. The van der Waals surface area contributed by atoms with Crippen molar-refractivity contribution in [1.82, 2.24) is 14.1 Å². The van der Waals surface area contributed by atoms with Crippen molar-refractivity contribution in [3.8, 4) is 0 Å². The highest BCUT2D eigenvalue weighted by atomic mass is 32.2. The number of piperidine rings is 1. The monoisotopic (exact) mass is 435 g/mol. The molecule has 0 spiro atoms. The van der Waals surface area contributed by atoms with E-state index in [-0.39, 0.29) is 10.8 Å². The molecule has 166 valence electrons. The molecule has 3 fully saturated rings. The van der Waals surface area contributed by atoms with Crippen molar-refractivity contribution in [1.29, 1.82) is 0 Å². The van der Waals surface area contributed by atoms with E-state index in [9.17, 15) is 13.2 Å². The van der Waals surface area contributed by atoms with Gasteiger partial charge in [-0.3, -0.25) is 9.69 Å². The van der Waals surface area contributed by atoms with Gasteiger partial charge in [0.25, 0.3) is 5.91 Å². The van der Waals surface area contributed by atoms with Crippen LogP contribution in [0.4, 0.5) is 0 Å². The second-order valence-corrected chi connectivity index (χ2v) is 10.6. The molecule has 4 rings (SSSR count). The van der Waals surface area contributed by atoms with Gasteiger partial charge < -0.3 is 9.64 Å². The highest BCUT2D eigenvalue weighted by Crippen LogP contribution is 2.24. The molecule has 0 N–H and O–H groups in total. The van der Waals surface area contributed by atoms with Crippen LogP contribution in [0, 0.1) is 6.92 Å². The number of sulfonamides is 1. The number of ether oxygens (including phenoxy) is 1. The maximum absolute atomic E-state index is 13.2. The molecule has 0 aromatic heterocycles. The number of hydrogen-bond acceptors (Lipinski definition) is 5. The summed E-state index contributed by atoms with van der Waals surface area (Å²) >= 11 is 0. The zero-order valence-corrected chi connectivity index (χ0v) is 18.7. The number of nitrogens with zero attached hydrogens (tertiary/aromatic N) is 3. The highest BCUT2D eigenvalue weighted by molar-refractivity contribution is 7.89. The van der Waals surface area contributed by atoms with E-state index in [4.69, 9.17) is 4.74 Å². The fourth-order valence-electron chi connectivity index (χ4n) is 4.63. The molecule has 1 unspecified atom stereocenters. The fraction of sp³-hybridized carbons (Fsp3) is 0.682. The van der Waals surface area contributed by atoms with Crippen LogP contribution in [-0.2, 0) is 14.8 Å². The molecule has 1 amide bonds. The largest absolute Gasteiger partial charge is 0.377 e. The van der Waals surface area contributed by atoms with Crippen molar-refractivity contribution in [2.75, 3.05) is 52.4 Å². The Kier molecular flexibility index (Phi) is 6.77. The number of hydrogen-bond donors (Lipinski definition) is 0. The van der Waals surface area contributed by atoms with Gasteiger partial charge in [0.1, 0.15) is 0 Å². The average molecular weight is 436 g/mol. The summed E-state index contributed by atoms with van der Waals surface area (Å²) in [5, 5.41) is 0. The Morgan fingerprint density at radius 1 is 1.03 bits per heavy atom. The first-order valence-corrected chi connectivity index (χ1v) is 12.6. The summed E-state index contributed by atoms with van der Waals surface area (Å²) in [4.78, 5) is 17.7. The number of benzene rings is 1. The van der Waals surface area contributed by atoms with E-state index in [1.54, 1.807) is 22.5 Å². The van der Waals surface area contributed by atoms with Crippen molar-refractivity contribution in [2.45, 2.75) is 50.0 Å². The van der Waals surface area contributed by atoms with Crippen LogP contribution in [0.1, 0.15) is 48.0 Å². The van der Waals surface area contributed by atoms with Gasteiger partial charge >= 0.3 is 0 Å². The molecule has 3 heterocycles. The Morgan fingerprint density at radius 2 is 1.77 bits per heavy atom. The highest BCUT2D eigenvalue weighted by Gasteiger charge is 2.29. The lowest BCUT2D eigenvalue weighted by Crippen LogP contribution is -2.50. The van der Waals surface area contributed by atoms with Crippen LogP contribution in [0.5, 0.6) is 0 Å². The number of carbonyl (C=O) groups excluding carboxylic acids is 1. The molecular formula is C22H33N3O4S. The molecule has 3 aliphatic rings. The van der Waals surface area contributed by atoms with Crippen molar-refractivity contribution in [3.05, 3.63) is 29.3 Å². The SMILES string of the molecule is Cc1ccc(S(=O)(=O)N2CCCCC2)cc1C(=O)N1CCN(CC2CCCO2)CC1. The molecule has 1 atom stereocenters. The Morgan fingerprint density at radius 3 is 2.43 bits per heavy atom. The number of carbonyl (C=O) groups is 1. The van der Waals surface area contributed by atoms with E-state index < -0.39 is 10.0 Å². The summed E-state index contributed by atoms with van der Waals surface area (Å²) in [5.74, 6) is -0.0695. The minimum absolute atomic E-state index is 0.0695. The summed E-state index contributed by atoms with van der Waals surface area (Å²) < 4.78 is 33.4. The number of amides is 1. The zero-order chi connectivity index (χ0) is 21.1. The second kappa shape index (κ2) is 9.34. The third-order valence-corrected chi connectivity index (χ3v) is 8.43. The maximum Gasteiger partial charge on any atom is 0.254 e. The summed E-state index contributed by atoms with van der Waals surface area (Å²) in [6.45, 7) is 7.77. The summed E-state index contributed by atoms with van der Waals surface area (Å²) in [7, 11) is -3.55. The molecule has 7 nitrogen and oxygen atoms in total. The van der Waals surface area contributed by atoms with E-state index in [0.29, 0.717) is 37.8 Å². The van der Waals surface area contributed by atoms with Crippen LogP contribution >= 0.6 is 0 Å². The van der Waals surface area contributed by atoms with Gasteiger partial charge in [-0.1, -0.05) is 12.5 Å². The molecule has 30 heavy (non-hydrogen) atoms. The first-order chi connectivity index (χ1) is 14.4. The molecule has 3 saturated heterocycles. The zero-order valence-electron chi connectivity index (χ0n) is 17.9. The average Bonchev–Trinajstić information content (AvgIpc) is 3.28. The van der Waals surface area contributed by atoms with Gasteiger partial charge in [0.2, 0.25) is 10.0 Å². The molecular weight excluding hydrogens is 402 g/mol. The Bertz CT molecular complexity index is 853. The van der Waals surface area contributed by atoms with Gasteiger partial charge in [-0.05, 0) is 50.3 Å². The lowest BCUT2D eigenvalue weighted by molar-refractivity contribution is 0.0432. The lowest BCUT2D eigenvalue weighted by atomic mass is 10.1. The third-order valence-electron chi connectivity index (χ3n) is 6.54. The predicted molar refractivity (Wildman–Crippen MR) is 115 cm³/mol. The van der Waals surface area contributed by atoms with E-state index in [1.807, 2.05) is 11.8 Å². The molecule has 0 aliphatic carbocycles. The number of aryl methyl sites for hydroxylation is 1. The van der Waals surface area contributed by atoms with Gasteiger partial charge in [-0.15, -0.1) is 0 Å². The lowest BCUT2D eigenvalue weighted by Gasteiger charge is -2.36.